The van der Waals surface area contributed by atoms with Crippen LogP contribution in [0.5, 0.6) is 0 Å². The van der Waals surface area contributed by atoms with Gasteiger partial charge in [-0.25, -0.2) is 9.87 Å². The number of fused-ring (bicyclic) bond motifs is 3. The zero-order valence-corrected chi connectivity index (χ0v) is 16.2. The van der Waals surface area contributed by atoms with Crippen LogP contribution in [0.2, 0.25) is 0 Å². The van der Waals surface area contributed by atoms with Crippen LogP contribution in [0, 0.1) is 11.7 Å². The summed E-state index contributed by atoms with van der Waals surface area (Å²) >= 11 is 0. The van der Waals surface area contributed by atoms with Gasteiger partial charge < -0.3 is 4.90 Å². The highest BCUT2D eigenvalue weighted by Crippen LogP contribution is 2.39. The van der Waals surface area contributed by atoms with Crippen molar-refractivity contribution in [1.29, 1.82) is 0 Å². The third kappa shape index (κ3) is 3.50. The van der Waals surface area contributed by atoms with Crippen LogP contribution in [0.3, 0.4) is 0 Å². The van der Waals surface area contributed by atoms with Gasteiger partial charge in [-0.2, -0.15) is 0 Å². The second-order valence-corrected chi connectivity index (χ2v) is 8.62. The van der Waals surface area contributed by atoms with Gasteiger partial charge in [0, 0.05) is 36.8 Å². The van der Waals surface area contributed by atoms with Crippen LogP contribution < -0.4 is 5.48 Å². The summed E-state index contributed by atoms with van der Waals surface area (Å²) in [6.45, 7) is 3.91. The first kappa shape index (κ1) is 18.8. The molecular formula is C21H30FN3O2. The van der Waals surface area contributed by atoms with Gasteiger partial charge in [0.15, 0.2) is 0 Å². The van der Waals surface area contributed by atoms with E-state index in [9.17, 15) is 9.18 Å². The molecule has 0 aromatic heterocycles. The Kier molecular flexibility index (Phi) is 5.23. The number of benzene rings is 1. The van der Waals surface area contributed by atoms with Gasteiger partial charge in [-0.3, -0.25) is 14.9 Å². The minimum Gasteiger partial charge on any atom is -0.300 e. The Morgan fingerprint density at radius 3 is 2.63 bits per heavy atom. The van der Waals surface area contributed by atoms with E-state index in [2.05, 4.69) is 23.8 Å². The molecule has 2 bridgehead atoms. The topological polar surface area (TPSA) is 55.8 Å². The van der Waals surface area contributed by atoms with E-state index in [1.807, 2.05) is 0 Å². The van der Waals surface area contributed by atoms with E-state index in [0.29, 0.717) is 24.9 Å². The van der Waals surface area contributed by atoms with E-state index in [1.54, 1.807) is 11.5 Å². The fraction of sp³-hybridized carbons (Fsp3) is 0.667. The highest BCUT2D eigenvalue weighted by Gasteiger charge is 2.39. The lowest BCUT2D eigenvalue weighted by Gasteiger charge is -2.42. The maximum atomic E-state index is 14.6. The van der Waals surface area contributed by atoms with Gasteiger partial charge in [0.25, 0.3) is 5.91 Å². The lowest BCUT2D eigenvalue weighted by atomic mass is 9.86. The Bertz CT molecular complexity index is 712. The summed E-state index contributed by atoms with van der Waals surface area (Å²) in [5.74, 6) is -0.294. The van der Waals surface area contributed by atoms with Crippen LogP contribution in [-0.2, 0) is 13.0 Å². The summed E-state index contributed by atoms with van der Waals surface area (Å²) < 4.78 is 14.6. The van der Waals surface area contributed by atoms with Crippen LogP contribution >= 0.6 is 0 Å². The number of hydrogen-bond acceptors (Lipinski definition) is 4. The molecule has 3 aliphatic rings. The van der Waals surface area contributed by atoms with Crippen molar-refractivity contribution in [3.63, 3.8) is 0 Å². The summed E-state index contributed by atoms with van der Waals surface area (Å²) in [7, 11) is 2.26. The van der Waals surface area contributed by atoms with Gasteiger partial charge in [0.2, 0.25) is 0 Å². The number of rotatable bonds is 4. The lowest BCUT2D eigenvalue weighted by Crippen LogP contribution is -2.47. The standard InChI is InChI=1S/C21H30FN3O2/c1-3-16-10-19-15(8-14(9-20(19)22)21(26)23-27)12-25(16)11-13-6-17-4-5-18(7-13)24(17)2/h8-9,13,16-18,27H,3-7,10-12H2,1-2H3,(H,23,26)/t13?,16-,17?,18?/m0/s1. The molecule has 0 radical (unpaired) electrons. The van der Waals surface area contributed by atoms with E-state index in [4.69, 9.17) is 5.21 Å². The second-order valence-electron chi connectivity index (χ2n) is 8.62. The zero-order chi connectivity index (χ0) is 19.1. The van der Waals surface area contributed by atoms with Gasteiger partial charge in [0.1, 0.15) is 5.82 Å². The maximum Gasteiger partial charge on any atom is 0.274 e. The Hall–Kier alpha value is -1.50. The molecule has 1 aromatic rings. The van der Waals surface area contributed by atoms with E-state index in [1.165, 1.54) is 31.7 Å². The number of piperidine rings is 1. The first-order valence-electron chi connectivity index (χ1n) is 10.2. The van der Waals surface area contributed by atoms with Crippen LogP contribution in [0.25, 0.3) is 0 Å². The molecule has 0 spiro atoms. The van der Waals surface area contributed by atoms with Gasteiger partial charge in [-0.05, 0) is 74.8 Å². The summed E-state index contributed by atoms with van der Waals surface area (Å²) in [6.07, 6.45) is 6.85. The fourth-order valence-corrected chi connectivity index (χ4v) is 5.59. The van der Waals surface area contributed by atoms with Crippen LogP contribution in [0.15, 0.2) is 12.1 Å². The molecule has 2 fully saturated rings. The second kappa shape index (κ2) is 7.49. The number of halogens is 1. The molecule has 4 rings (SSSR count). The SMILES string of the molecule is CC[C@H]1Cc2c(F)cc(C(=O)NO)cc2CN1CC1CC2CCC(C1)N2C. The first-order valence-corrected chi connectivity index (χ1v) is 10.2. The predicted molar refractivity (Wildman–Crippen MR) is 101 cm³/mol. The minimum atomic E-state index is -0.659. The third-order valence-corrected chi connectivity index (χ3v) is 7.14. The van der Waals surface area contributed by atoms with Crippen molar-refractivity contribution < 1.29 is 14.4 Å². The molecular weight excluding hydrogens is 345 g/mol. The molecule has 1 aromatic carbocycles. The fourth-order valence-electron chi connectivity index (χ4n) is 5.59. The normalized spacial score (nSPS) is 31.0. The largest absolute Gasteiger partial charge is 0.300 e. The van der Waals surface area contributed by atoms with E-state index < -0.39 is 5.91 Å². The zero-order valence-electron chi connectivity index (χ0n) is 16.2. The maximum absolute atomic E-state index is 14.6. The van der Waals surface area contributed by atoms with Crippen molar-refractivity contribution in [3.8, 4) is 0 Å². The summed E-state index contributed by atoms with van der Waals surface area (Å²) in [5.41, 5.74) is 3.41. The van der Waals surface area contributed by atoms with Gasteiger partial charge in [-0.15, -0.1) is 0 Å². The predicted octanol–water partition coefficient (Wildman–Crippen LogP) is 2.95. The summed E-state index contributed by atoms with van der Waals surface area (Å²) in [5, 5.41) is 8.87. The molecule has 0 saturated carbocycles. The van der Waals surface area contributed by atoms with Crippen LogP contribution in [0.4, 0.5) is 4.39 Å². The van der Waals surface area contributed by atoms with Gasteiger partial charge >= 0.3 is 0 Å². The quantitative estimate of drug-likeness (QED) is 0.628. The smallest absolute Gasteiger partial charge is 0.274 e. The average molecular weight is 375 g/mol. The molecule has 1 amide bonds. The highest BCUT2D eigenvalue weighted by atomic mass is 19.1. The molecule has 27 heavy (non-hydrogen) atoms. The number of hydrogen-bond donors (Lipinski definition) is 2. The Morgan fingerprint density at radius 1 is 1.30 bits per heavy atom. The number of amides is 1. The molecule has 5 nitrogen and oxygen atoms in total. The van der Waals surface area contributed by atoms with Crippen molar-refractivity contribution in [3.05, 3.63) is 34.6 Å². The van der Waals surface area contributed by atoms with Crippen molar-refractivity contribution in [2.24, 2.45) is 5.92 Å². The molecule has 6 heteroatoms. The molecule has 3 aliphatic heterocycles. The molecule has 3 atom stereocenters. The number of nitrogens with zero attached hydrogens (tertiary/aromatic N) is 2. The number of carbonyl (C=O) groups is 1. The molecule has 0 aliphatic carbocycles. The summed E-state index contributed by atoms with van der Waals surface area (Å²) in [4.78, 5) is 16.8. The number of hydroxylamine groups is 1. The Morgan fingerprint density at radius 2 is 2.00 bits per heavy atom. The Balaban J connectivity index is 1.53. The van der Waals surface area contributed by atoms with E-state index >= 15 is 0 Å². The number of carbonyl (C=O) groups excluding carboxylic acids is 1. The van der Waals surface area contributed by atoms with Crippen LogP contribution in [0.1, 0.15) is 60.5 Å². The van der Waals surface area contributed by atoms with Gasteiger partial charge in [-0.1, -0.05) is 6.92 Å². The molecule has 3 heterocycles. The molecule has 2 saturated heterocycles. The molecule has 148 valence electrons. The average Bonchev–Trinajstić information content (AvgIpc) is 2.87. The minimum absolute atomic E-state index is 0.181. The Labute approximate surface area is 160 Å². The third-order valence-electron chi connectivity index (χ3n) is 7.14. The number of nitrogens with one attached hydrogen (secondary N) is 1. The van der Waals surface area contributed by atoms with Crippen molar-refractivity contribution in [1.82, 2.24) is 15.3 Å². The molecule has 2 N–H and O–H groups in total. The van der Waals surface area contributed by atoms with Crippen molar-refractivity contribution in [2.45, 2.75) is 70.1 Å². The van der Waals surface area contributed by atoms with Crippen LogP contribution in [-0.4, -0.2) is 52.6 Å². The first-order chi connectivity index (χ1) is 13.0. The molecule has 2 unspecified atom stereocenters. The van der Waals surface area contributed by atoms with Gasteiger partial charge in [0.05, 0.1) is 0 Å². The van der Waals surface area contributed by atoms with E-state index in [0.717, 1.165) is 36.2 Å². The monoisotopic (exact) mass is 375 g/mol. The lowest BCUT2D eigenvalue weighted by molar-refractivity contribution is 0.0702. The van der Waals surface area contributed by atoms with Crippen molar-refractivity contribution >= 4 is 5.91 Å². The van der Waals surface area contributed by atoms with E-state index in [-0.39, 0.29) is 11.4 Å². The van der Waals surface area contributed by atoms with Crippen molar-refractivity contribution in [2.75, 3.05) is 13.6 Å². The highest BCUT2D eigenvalue weighted by molar-refractivity contribution is 5.93. The summed E-state index contributed by atoms with van der Waals surface area (Å²) in [6, 6.07) is 4.77.